The van der Waals surface area contributed by atoms with Gasteiger partial charge in [0.2, 0.25) is 6.41 Å². The van der Waals surface area contributed by atoms with Gasteiger partial charge in [0.25, 0.3) is 0 Å². The number of methoxy groups -OCH3 is 1. The summed E-state index contributed by atoms with van der Waals surface area (Å²) in [6, 6.07) is 9.94. The molecule has 5 heteroatoms. The molecule has 1 N–H and O–H groups in total. The van der Waals surface area contributed by atoms with Crippen molar-refractivity contribution in [3.63, 3.8) is 0 Å². The first-order chi connectivity index (χ1) is 10.7. The summed E-state index contributed by atoms with van der Waals surface area (Å²) in [5, 5.41) is 3.59. The van der Waals surface area contributed by atoms with Gasteiger partial charge in [-0.15, -0.1) is 0 Å². The van der Waals surface area contributed by atoms with Crippen molar-refractivity contribution in [3.05, 3.63) is 42.1 Å². The van der Waals surface area contributed by atoms with E-state index in [1.54, 1.807) is 13.3 Å². The van der Waals surface area contributed by atoms with E-state index in [2.05, 4.69) is 33.9 Å². The van der Waals surface area contributed by atoms with E-state index >= 15 is 0 Å². The van der Waals surface area contributed by atoms with E-state index in [1.165, 1.54) is 0 Å². The minimum Gasteiger partial charge on any atom is -0.496 e. The molecule has 0 aliphatic carbocycles. The van der Waals surface area contributed by atoms with Crippen LogP contribution in [-0.2, 0) is 11.8 Å². The lowest BCUT2D eigenvalue weighted by Gasteiger charge is -2.12. The van der Waals surface area contributed by atoms with Crippen molar-refractivity contribution >= 4 is 23.1 Å². The van der Waals surface area contributed by atoms with Crippen LogP contribution in [0.4, 0.5) is 5.82 Å². The lowest BCUT2D eigenvalue weighted by molar-refractivity contribution is -0.105. The Bertz CT molecular complexity index is 852. The molecule has 0 bridgehead atoms. The molecule has 1 aromatic carbocycles. The van der Waals surface area contributed by atoms with Crippen molar-refractivity contribution in [1.29, 1.82) is 0 Å². The summed E-state index contributed by atoms with van der Waals surface area (Å²) >= 11 is 0. The van der Waals surface area contributed by atoms with Crippen LogP contribution in [0.2, 0.25) is 0 Å². The van der Waals surface area contributed by atoms with Crippen LogP contribution in [0.1, 0.15) is 5.56 Å². The molecule has 5 nitrogen and oxygen atoms in total. The third-order valence-electron chi connectivity index (χ3n) is 3.85. The zero-order valence-electron chi connectivity index (χ0n) is 12.8. The highest BCUT2D eigenvalue weighted by Gasteiger charge is 2.15. The Morgan fingerprint density at radius 3 is 2.86 bits per heavy atom. The van der Waals surface area contributed by atoms with Gasteiger partial charge in [-0.1, -0.05) is 12.1 Å². The molecule has 0 aliphatic heterocycles. The first-order valence-electron chi connectivity index (χ1n) is 6.95. The highest BCUT2D eigenvalue weighted by molar-refractivity contribution is 5.90. The van der Waals surface area contributed by atoms with Gasteiger partial charge in [0.15, 0.2) is 0 Å². The Labute approximate surface area is 128 Å². The smallest absolute Gasteiger partial charge is 0.212 e. The number of anilines is 1. The molecule has 0 aliphatic rings. The zero-order valence-corrected chi connectivity index (χ0v) is 12.8. The summed E-state index contributed by atoms with van der Waals surface area (Å²) in [4.78, 5) is 14.8. The van der Waals surface area contributed by atoms with E-state index in [4.69, 9.17) is 4.74 Å². The lowest BCUT2D eigenvalue weighted by atomic mass is 10.0. The molecule has 1 amide bonds. The minimum absolute atomic E-state index is 0.538. The Hall–Kier alpha value is -2.82. The SMILES string of the molecule is COc1cccc(C)c1-c1cc2cc(NC=O)ncc2n1C. The van der Waals surface area contributed by atoms with Crippen LogP contribution in [-0.4, -0.2) is 23.1 Å². The van der Waals surface area contributed by atoms with Crippen molar-refractivity contribution in [3.8, 4) is 17.0 Å². The summed E-state index contributed by atoms with van der Waals surface area (Å²) in [6.45, 7) is 2.06. The fraction of sp³-hybridized carbons (Fsp3) is 0.176. The van der Waals surface area contributed by atoms with Crippen LogP contribution in [0.25, 0.3) is 22.2 Å². The molecule has 3 aromatic rings. The molecule has 22 heavy (non-hydrogen) atoms. The highest BCUT2D eigenvalue weighted by Crippen LogP contribution is 2.36. The van der Waals surface area contributed by atoms with Gasteiger partial charge < -0.3 is 14.6 Å². The molecule has 3 rings (SSSR count). The molecule has 0 atom stereocenters. The number of hydrogen-bond acceptors (Lipinski definition) is 3. The van der Waals surface area contributed by atoms with Gasteiger partial charge >= 0.3 is 0 Å². The van der Waals surface area contributed by atoms with Crippen LogP contribution in [0.5, 0.6) is 5.75 Å². The molecule has 0 radical (unpaired) electrons. The first-order valence-corrected chi connectivity index (χ1v) is 6.95. The maximum atomic E-state index is 10.6. The number of fused-ring (bicyclic) bond motifs is 1. The van der Waals surface area contributed by atoms with E-state index in [0.717, 1.165) is 33.5 Å². The number of benzene rings is 1. The molecule has 0 fully saturated rings. The third-order valence-corrected chi connectivity index (χ3v) is 3.85. The van der Waals surface area contributed by atoms with Crippen molar-refractivity contribution in [1.82, 2.24) is 9.55 Å². The number of amides is 1. The van der Waals surface area contributed by atoms with Crippen LogP contribution in [0.15, 0.2) is 36.5 Å². The predicted molar refractivity (Wildman–Crippen MR) is 87.1 cm³/mol. The minimum atomic E-state index is 0.538. The second kappa shape index (κ2) is 5.52. The van der Waals surface area contributed by atoms with Crippen molar-refractivity contribution in [2.75, 3.05) is 12.4 Å². The van der Waals surface area contributed by atoms with Crippen LogP contribution < -0.4 is 10.1 Å². The van der Waals surface area contributed by atoms with Crippen LogP contribution >= 0.6 is 0 Å². The molecular formula is C17H17N3O2. The molecule has 2 aromatic heterocycles. The standard InChI is InChI=1S/C17H17N3O2/c1-11-5-4-6-15(22-3)17(11)13-7-12-8-16(19-10-21)18-9-14(12)20(13)2/h4-10H,1-3H3,(H,18,19,21). The average molecular weight is 295 g/mol. The fourth-order valence-electron chi connectivity index (χ4n) is 2.75. The number of carbonyl (C=O) groups is 1. The van der Waals surface area contributed by atoms with Gasteiger partial charge in [0.05, 0.1) is 24.5 Å². The number of nitrogens with one attached hydrogen (secondary N) is 1. The number of nitrogens with zero attached hydrogens (tertiary/aromatic N) is 2. The van der Waals surface area contributed by atoms with Gasteiger partial charge in [-0.3, -0.25) is 4.79 Å². The molecule has 2 heterocycles. The molecule has 0 saturated heterocycles. The van der Waals surface area contributed by atoms with E-state index in [9.17, 15) is 4.79 Å². The normalized spacial score (nSPS) is 10.7. The van der Waals surface area contributed by atoms with Crippen molar-refractivity contribution < 1.29 is 9.53 Å². The number of carbonyl (C=O) groups excluding carboxylic acids is 1. The van der Waals surface area contributed by atoms with Gasteiger partial charge in [0, 0.05) is 18.0 Å². The van der Waals surface area contributed by atoms with Gasteiger partial charge in [-0.05, 0) is 30.7 Å². The van der Waals surface area contributed by atoms with Crippen LogP contribution in [0, 0.1) is 6.92 Å². The number of rotatable bonds is 4. The maximum Gasteiger partial charge on any atom is 0.212 e. The summed E-state index contributed by atoms with van der Waals surface area (Å²) < 4.78 is 7.59. The number of aromatic nitrogens is 2. The monoisotopic (exact) mass is 295 g/mol. The summed E-state index contributed by atoms with van der Waals surface area (Å²) in [6.07, 6.45) is 2.39. The maximum absolute atomic E-state index is 10.6. The first kappa shape index (κ1) is 14.1. The predicted octanol–water partition coefficient (Wildman–Crippen LogP) is 3.13. The third kappa shape index (κ3) is 2.20. The zero-order chi connectivity index (χ0) is 15.7. The number of hydrogen-bond donors (Lipinski definition) is 1. The summed E-state index contributed by atoms with van der Waals surface area (Å²) in [7, 11) is 3.67. The molecule has 0 spiro atoms. The van der Waals surface area contributed by atoms with E-state index in [1.807, 2.05) is 25.2 Å². The van der Waals surface area contributed by atoms with Gasteiger partial charge in [0.1, 0.15) is 11.6 Å². The van der Waals surface area contributed by atoms with Crippen molar-refractivity contribution in [2.24, 2.45) is 7.05 Å². The second-order valence-electron chi connectivity index (χ2n) is 5.13. The molecule has 112 valence electrons. The van der Waals surface area contributed by atoms with Crippen molar-refractivity contribution in [2.45, 2.75) is 6.92 Å². The molecule has 0 unspecified atom stereocenters. The lowest BCUT2D eigenvalue weighted by Crippen LogP contribution is -1.98. The number of aryl methyl sites for hydroxylation is 2. The summed E-state index contributed by atoms with van der Waals surface area (Å²) in [5.41, 5.74) is 4.25. The molecular weight excluding hydrogens is 278 g/mol. The fourth-order valence-corrected chi connectivity index (χ4v) is 2.75. The van der Waals surface area contributed by atoms with Gasteiger partial charge in [-0.25, -0.2) is 4.98 Å². The number of pyridine rings is 1. The largest absolute Gasteiger partial charge is 0.496 e. The topological polar surface area (TPSA) is 56.1 Å². The van der Waals surface area contributed by atoms with E-state index < -0.39 is 0 Å². The second-order valence-corrected chi connectivity index (χ2v) is 5.13. The summed E-state index contributed by atoms with van der Waals surface area (Å²) in [5.74, 6) is 1.38. The Kier molecular flexibility index (Phi) is 3.55. The number of ether oxygens (including phenoxy) is 1. The van der Waals surface area contributed by atoms with Gasteiger partial charge in [-0.2, -0.15) is 0 Å². The molecule has 0 saturated carbocycles. The Morgan fingerprint density at radius 1 is 1.32 bits per heavy atom. The Morgan fingerprint density at radius 2 is 2.14 bits per heavy atom. The van der Waals surface area contributed by atoms with E-state index in [0.29, 0.717) is 12.2 Å². The van der Waals surface area contributed by atoms with E-state index in [-0.39, 0.29) is 0 Å². The average Bonchev–Trinajstić information content (AvgIpc) is 2.83. The van der Waals surface area contributed by atoms with Crippen LogP contribution in [0.3, 0.4) is 0 Å². The Balaban J connectivity index is 2.24. The highest BCUT2D eigenvalue weighted by atomic mass is 16.5. The quantitative estimate of drug-likeness (QED) is 0.752.